The van der Waals surface area contributed by atoms with Crippen LogP contribution < -0.4 is 10.3 Å². The molecule has 0 saturated carbocycles. The van der Waals surface area contributed by atoms with Crippen LogP contribution in [0, 0.1) is 6.92 Å². The van der Waals surface area contributed by atoms with E-state index in [1.807, 2.05) is 19.1 Å². The van der Waals surface area contributed by atoms with E-state index in [1.54, 1.807) is 17.2 Å². The molecule has 7 heteroatoms. The van der Waals surface area contributed by atoms with Crippen LogP contribution in [-0.4, -0.2) is 44.8 Å². The SMILES string of the molecule is Cc1ccc(O[C@H]2CCN(C(=O)Cn3ncccc3=O)C2)nc1. The topological polar surface area (TPSA) is 77.3 Å². The Morgan fingerprint density at radius 1 is 1.39 bits per heavy atom. The van der Waals surface area contributed by atoms with E-state index in [9.17, 15) is 9.59 Å². The molecule has 0 unspecified atom stereocenters. The maximum absolute atomic E-state index is 12.3. The van der Waals surface area contributed by atoms with Crippen molar-refractivity contribution in [3.63, 3.8) is 0 Å². The van der Waals surface area contributed by atoms with Gasteiger partial charge in [0, 0.05) is 37.5 Å². The van der Waals surface area contributed by atoms with Crippen molar-refractivity contribution >= 4 is 5.91 Å². The lowest BCUT2D eigenvalue weighted by Crippen LogP contribution is -2.36. The molecular weight excluding hydrogens is 296 g/mol. The molecule has 0 radical (unpaired) electrons. The van der Waals surface area contributed by atoms with Crippen LogP contribution in [0.1, 0.15) is 12.0 Å². The van der Waals surface area contributed by atoms with Gasteiger partial charge >= 0.3 is 0 Å². The molecule has 0 N–H and O–H groups in total. The lowest BCUT2D eigenvalue weighted by molar-refractivity contribution is -0.131. The molecule has 0 aliphatic carbocycles. The molecule has 1 aliphatic heterocycles. The fourth-order valence-corrected chi connectivity index (χ4v) is 2.48. The average Bonchev–Trinajstić information content (AvgIpc) is 3.00. The number of aromatic nitrogens is 3. The van der Waals surface area contributed by atoms with Crippen LogP contribution >= 0.6 is 0 Å². The number of aryl methyl sites for hydroxylation is 1. The van der Waals surface area contributed by atoms with Gasteiger partial charge in [-0.1, -0.05) is 6.07 Å². The number of pyridine rings is 1. The Morgan fingerprint density at radius 3 is 3.00 bits per heavy atom. The van der Waals surface area contributed by atoms with E-state index in [0.717, 1.165) is 16.7 Å². The van der Waals surface area contributed by atoms with E-state index in [-0.39, 0.29) is 24.1 Å². The van der Waals surface area contributed by atoms with Gasteiger partial charge in [0.05, 0.1) is 6.54 Å². The van der Waals surface area contributed by atoms with Crippen molar-refractivity contribution in [3.8, 4) is 5.88 Å². The number of ether oxygens (including phenoxy) is 1. The molecule has 2 aromatic heterocycles. The van der Waals surface area contributed by atoms with Crippen molar-refractivity contribution in [2.75, 3.05) is 13.1 Å². The predicted molar refractivity (Wildman–Crippen MR) is 83.1 cm³/mol. The third kappa shape index (κ3) is 3.74. The number of hydrogen-bond acceptors (Lipinski definition) is 5. The molecule has 0 aromatic carbocycles. The Labute approximate surface area is 133 Å². The summed E-state index contributed by atoms with van der Waals surface area (Å²) in [6, 6.07) is 6.71. The molecule has 7 nitrogen and oxygen atoms in total. The minimum absolute atomic E-state index is 0.0465. The first-order valence-corrected chi connectivity index (χ1v) is 7.51. The molecule has 1 saturated heterocycles. The number of amides is 1. The highest BCUT2D eigenvalue weighted by Gasteiger charge is 2.28. The number of carbonyl (C=O) groups is 1. The van der Waals surface area contributed by atoms with E-state index in [1.165, 1.54) is 12.3 Å². The van der Waals surface area contributed by atoms with Gasteiger partial charge in [0.15, 0.2) is 0 Å². The Morgan fingerprint density at radius 2 is 2.26 bits per heavy atom. The molecular formula is C16H18N4O3. The molecule has 1 aliphatic rings. The zero-order valence-electron chi connectivity index (χ0n) is 12.9. The Kier molecular flexibility index (Phi) is 4.36. The fourth-order valence-electron chi connectivity index (χ4n) is 2.48. The predicted octanol–water partition coefficient (Wildman–Crippen LogP) is 0.627. The Balaban J connectivity index is 1.57. The van der Waals surface area contributed by atoms with Crippen LogP contribution in [0.2, 0.25) is 0 Å². The highest BCUT2D eigenvalue weighted by Crippen LogP contribution is 2.17. The van der Waals surface area contributed by atoms with Crippen LogP contribution in [0.4, 0.5) is 0 Å². The highest BCUT2D eigenvalue weighted by molar-refractivity contribution is 5.76. The first-order valence-electron chi connectivity index (χ1n) is 7.51. The van der Waals surface area contributed by atoms with Crippen molar-refractivity contribution in [2.24, 2.45) is 0 Å². The molecule has 3 rings (SSSR count). The largest absolute Gasteiger partial charge is 0.472 e. The quantitative estimate of drug-likeness (QED) is 0.827. The van der Waals surface area contributed by atoms with E-state index in [0.29, 0.717) is 19.0 Å². The first-order chi connectivity index (χ1) is 11.1. The summed E-state index contributed by atoms with van der Waals surface area (Å²) in [5, 5.41) is 3.90. The van der Waals surface area contributed by atoms with Gasteiger partial charge in [-0.3, -0.25) is 9.59 Å². The van der Waals surface area contributed by atoms with Crippen molar-refractivity contribution in [3.05, 3.63) is 52.6 Å². The molecule has 120 valence electrons. The van der Waals surface area contributed by atoms with Gasteiger partial charge < -0.3 is 9.64 Å². The number of likely N-dealkylation sites (tertiary alicyclic amines) is 1. The normalized spacial score (nSPS) is 17.3. The van der Waals surface area contributed by atoms with Gasteiger partial charge in [-0.2, -0.15) is 5.10 Å². The van der Waals surface area contributed by atoms with Gasteiger partial charge in [0.1, 0.15) is 12.6 Å². The van der Waals surface area contributed by atoms with Crippen LogP contribution in [0.3, 0.4) is 0 Å². The summed E-state index contributed by atoms with van der Waals surface area (Å²) in [5.74, 6) is 0.435. The van der Waals surface area contributed by atoms with Crippen LogP contribution in [0.5, 0.6) is 5.88 Å². The van der Waals surface area contributed by atoms with Gasteiger partial charge in [0.25, 0.3) is 5.56 Å². The summed E-state index contributed by atoms with van der Waals surface area (Å²) in [7, 11) is 0. The zero-order valence-corrected chi connectivity index (χ0v) is 12.9. The maximum atomic E-state index is 12.3. The maximum Gasteiger partial charge on any atom is 0.267 e. The second-order valence-electron chi connectivity index (χ2n) is 5.56. The standard InChI is InChI=1S/C16H18N4O3/c1-12-4-5-14(17-9-12)23-13-6-8-19(10-13)16(22)11-20-15(21)3-2-7-18-20/h2-5,7,9,13H,6,8,10-11H2,1H3/t13-/m0/s1. The molecule has 2 aromatic rings. The van der Waals surface area contributed by atoms with E-state index >= 15 is 0 Å². The van der Waals surface area contributed by atoms with Crippen LogP contribution in [0.15, 0.2) is 41.5 Å². The molecule has 0 spiro atoms. The molecule has 1 amide bonds. The van der Waals surface area contributed by atoms with Crippen molar-refractivity contribution < 1.29 is 9.53 Å². The summed E-state index contributed by atoms with van der Waals surface area (Å²) >= 11 is 0. The summed E-state index contributed by atoms with van der Waals surface area (Å²) in [6.45, 7) is 3.02. The van der Waals surface area contributed by atoms with Gasteiger partial charge in [-0.05, 0) is 18.6 Å². The monoisotopic (exact) mass is 314 g/mol. The third-order valence-electron chi connectivity index (χ3n) is 3.74. The second-order valence-corrected chi connectivity index (χ2v) is 5.56. The summed E-state index contributed by atoms with van der Waals surface area (Å²) in [6.07, 6.45) is 3.92. The van der Waals surface area contributed by atoms with Gasteiger partial charge in [-0.15, -0.1) is 0 Å². The first kappa shape index (κ1) is 15.2. The lowest BCUT2D eigenvalue weighted by atomic mass is 10.3. The minimum Gasteiger partial charge on any atom is -0.472 e. The summed E-state index contributed by atoms with van der Waals surface area (Å²) in [4.78, 5) is 29.8. The Bertz CT molecular complexity index is 741. The van der Waals surface area contributed by atoms with Crippen molar-refractivity contribution in [1.82, 2.24) is 19.7 Å². The molecule has 0 bridgehead atoms. The number of rotatable bonds is 4. The average molecular weight is 314 g/mol. The summed E-state index contributed by atoms with van der Waals surface area (Å²) in [5.41, 5.74) is 0.790. The van der Waals surface area contributed by atoms with Crippen LogP contribution in [0.25, 0.3) is 0 Å². The van der Waals surface area contributed by atoms with Crippen molar-refractivity contribution in [1.29, 1.82) is 0 Å². The van der Waals surface area contributed by atoms with Crippen LogP contribution in [-0.2, 0) is 11.3 Å². The van der Waals surface area contributed by atoms with E-state index < -0.39 is 0 Å². The summed E-state index contributed by atoms with van der Waals surface area (Å²) < 4.78 is 6.96. The molecule has 3 heterocycles. The number of carbonyl (C=O) groups excluding carboxylic acids is 1. The van der Waals surface area contributed by atoms with Crippen molar-refractivity contribution in [2.45, 2.75) is 26.0 Å². The van der Waals surface area contributed by atoms with E-state index in [4.69, 9.17) is 4.74 Å². The molecule has 1 fully saturated rings. The number of nitrogens with zero attached hydrogens (tertiary/aromatic N) is 4. The zero-order chi connectivity index (χ0) is 16.2. The molecule has 1 atom stereocenters. The van der Waals surface area contributed by atoms with E-state index in [2.05, 4.69) is 10.1 Å². The molecule has 23 heavy (non-hydrogen) atoms. The number of hydrogen-bond donors (Lipinski definition) is 0. The lowest BCUT2D eigenvalue weighted by Gasteiger charge is -2.17. The second kappa shape index (κ2) is 6.60. The smallest absolute Gasteiger partial charge is 0.267 e. The minimum atomic E-state index is -0.281. The third-order valence-corrected chi connectivity index (χ3v) is 3.74. The fraction of sp³-hybridized carbons (Fsp3) is 0.375. The van der Waals surface area contributed by atoms with Gasteiger partial charge in [-0.25, -0.2) is 9.67 Å². The van der Waals surface area contributed by atoms with Gasteiger partial charge in [0.2, 0.25) is 11.8 Å². The highest BCUT2D eigenvalue weighted by atomic mass is 16.5. The Hall–Kier alpha value is -2.70.